The topological polar surface area (TPSA) is 84.9 Å². The third kappa shape index (κ3) is 5.79. The second-order valence-corrected chi connectivity index (χ2v) is 9.20. The summed E-state index contributed by atoms with van der Waals surface area (Å²) in [6.45, 7) is 1.81. The highest BCUT2D eigenvalue weighted by Gasteiger charge is 2.24. The fourth-order valence-corrected chi connectivity index (χ4v) is 4.30. The van der Waals surface area contributed by atoms with Gasteiger partial charge in [-0.15, -0.1) is 0 Å². The maximum absolute atomic E-state index is 12.9. The molecule has 0 aromatic heterocycles. The lowest BCUT2D eigenvalue weighted by Crippen LogP contribution is -2.35. The van der Waals surface area contributed by atoms with Gasteiger partial charge in [0.15, 0.2) is 5.75 Å². The Morgan fingerprint density at radius 2 is 1.69 bits per heavy atom. The minimum atomic E-state index is -3.94. The number of anilines is 1. The van der Waals surface area contributed by atoms with Gasteiger partial charge in [0.25, 0.3) is 0 Å². The van der Waals surface area contributed by atoms with E-state index < -0.39 is 22.5 Å². The minimum absolute atomic E-state index is 0.0333. The third-order valence-corrected chi connectivity index (χ3v) is 6.50. The number of ether oxygens (including phenoxy) is 2. The van der Waals surface area contributed by atoms with E-state index in [9.17, 15) is 13.2 Å². The first-order valence-electron chi connectivity index (χ1n) is 9.81. The van der Waals surface area contributed by atoms with Crippen molar-refractivity contribution in [3.05, 3.63) is 77.8 Å². The maximum atomic E-state index is 12.9. The molecular weight excluding hydrogens is 452 g/mol. The van der Waals surface area contributed by atoms with Crippen molar-refractivity contribution >= 4 is 33.2 Å². The second-order valence-electron chi connectivity index (χ2n) is 6.75. The molecule has 3 aromatic rings. The minimum Gasteiger partial charge on any atom is -0.492 e. The number of nitrogens with zero attached hydrogens (tertiary/aromatic N) is 1. The molecule has 0 aliphatic rings. The van der Waals surface area contributed by atoms with Gasteiger partial charge in [-0.1, -0.05) is 41.9 Å². The summed E-state index contributed by atoms with van der Waals surface area (Å²) in [5.74, 6) is 0.929. The van der Waals surface area contributed by atoms with Crippen molar-refractivity contribution in [2.45, 2.75) is 11.8 Å². The van der Waals surface area contributed by atoms with Gasteiger partial charge in [0.1, 0.15) is 11.5 Å². The number of nitrogens with one attached hydrogen (secondary N) is 1. The number of sulfonamides is 1. The zero-order valence-electron chi connectivity index (χ0n) is 17.6. The SMILES string of the molecule is CCOc1ccc(S(=O)(=O)N(C)CC(=O)Nc2ccccc2Oc2ccccc2)cc1Cl. The van der Waals surface area contributed by atoms with E-state index in [-0.39, 0.29) is 9.92 Å². The molecule has 0 radical (unpaired) electrons. The number of para-hydroxylation sites is 3. The Kier molecular flexibility index (Phi) is 7.74. The number of hydrogen-bond acceptors (Lipinski definition) is 5. The summed E-state index contributed by atoms with van der Waals surface area (Å²) in [6, 6.07) is 20.2. The molecule has 3 aromatic carbocycles. The smallest absolute Gasteiger partial charge is 0.243 e. The molecule has 0 saturated carbocycles. The van der Waals surface area contributed by atoms with Crippen LogP contribution >= 0.6 is 11.6 Å². The van der Waals surface area contributed by atoms with Crippen molar-refractivity contribution in [2.24, 2.45) is 0 Å². The van der Waals surface area contributed by atoms with Gasteiger partial charge in [-0.3, -0.25) is 4.79 Å². The Labute approximate surface area is 192 Å². The van der Waals surface area contributed by atoms with Gasteiger partial charge in [-0.05, 0) is 49.4 Å². The van der Waals surface area contributed by atoms with Crippen molar-refractivity contribution in [1.82, 2.24) is 4.31 Å². The van der Waals surface area contributed by atoms with Gasteiger partial charge in [-0.25, -0.2) is 8.42 Å². The van der Waals surface area contributed by atoms with Crippen molar-refractivity contribution in [1.29, 1.82) is 0 Å². The number of carbonyl (C=O) groups is 1. The van der Waals surface area contributed by atoms with Gasteiger partial charge < -0.3 is 14.8 Å². The quantitative estimate of drug-likeness (QED) is 0.482. The van der Waals surface area contributed by atoms with Gasteiger partial charge in [0.05, 0.1) is 28.8 Å². The number of amides is 1. The number of halogens is 1. The Balaban J connectivity index is 1.70. The summed E-state index contributed by atoms with van der Waals surface area (Å²) in [4.78, 5) is 12.6. The zero-order valence-corrected chi connectivity index (χ0v) is 19.2. The molecule has 3 rings (SSSR count). The van der Waals surface area contributed by atoms with E-state index >= 15 is 0 Å². The van der Waals surface area contributed by atoms with E-state index in [1.165, 1.54) is 25.2 Å². The molecule has 0 unspecified atom stereocenters. The normalized spacial score (nSPS) is 11.2. The molecule has 7 nitrogen and oxygen atoms in total. The lowest BCUT2D eigenvalue weighted by atomic mass is 10.3. The lowest BCUT2D eigenvalue weighted by Gasteiger charge is -2.18. The standard InChI is InChI=1S/C23H23ClN2O5S/c1-3-30-21-14-13-18(15-19(21)24)32(28,29)26(2)16-23(27)25-20-11-7-8-12-22(20)31-17-9-5-4-6-10-17/h4-15H,3,16H2,1-2H3,(H,25,27). The largest absolute Gasteiger partial charge is 0.492 e. The molecular formula is C23H23ClN2O5S. The number of hydrogen-bond donors (Lipinski definition) is 1. The monoisotopic (exact) mass is 474 g/mol. The van der Waals surface area contributed by atoms with Crippen LogP contribution in [0.25, 0.3) is 0 Å². The fourth-order valence-electron chi connectivity index (χ4n) is 2.85. The summed E-state index contributed by atoms with van der Waals surface area (Å²) in [7, 11) is -2.61. The predicted molar refractivity (Wildman–Crippen MR) is 124 cm³/mol. The zero-order chi connectivity index (χ0) is 23.1. The third-order valence-electron chi connectivity index (χ3n) is 4.41. The van der Waals surface area contributed by atoms with Crippen LogP contribution in [0.5, 0.6) is 17.2 Å². The molecule has 0 aliphatic heterocycles. The highest BCUT2D eigenvalue weighted by atomic mass is 35.5. The molecule has 9 heteroatoms. The predicted octanol–water partition coefficient (Wildman–Crippen LogP) is 4.79. The van der Waals surface area contributed by atoms with Gasteiger partial charge in [0, 0.05) is 7.05 Å². The summed E-state index contributed by atoms with van der Waals surface area (Å²) < 4.78 is 37.9. The van der Waals surface area contributed by atoms with E-state index in [1.54, 1.807) is 43.3 Å². The van der Waals surface area contributed by atoms with Crippen LogP contribution in [0.4, 0.5) is 5.69 Å². The molecule has 0 saturated heterocycles. The first-order chi connectivity index (χ1) is 15.3. The van der Waals surface area contributed by atoms with E-state index in [4.69, 9.17) is 21.1 Å². The van der Waals surface area contributed by atoms with Crippen molar-refractivity contribution in [3.8, 4) is 17.2 Å². The number of carbonyl (C=O) groups excluding carboxylic acids is 1. The van der Waals surface area contributed by atoms with Crippen LogP contribution < -0.4 is 14.8 Å². The molecule has 0 fully saturated rings. The van der Waals surface area contributed by atoms with Crippen molar-refractivity contribution < 1.29 is 22.7 Å². The summed E-state index contributed by atoms with van der Waals surface area (Å²) in [6.07, 6.45) is 0. The molecule has 0 atom stereocenters. The molecule has 0 bridgehead atoms. The van der Waals surface area contributed by atoms with Crippen LogP contribution in [-0.2, 0) is 14.8 Å². The highest BCUT2D eigenvalue weighted by Crippen LogP contribution is 2.30. The Morgan fingerprint density at radius 3 is 2.38 bits per heavy atom. The fraction of sp³-hybridized carbons (Fsp3) is 0.174. The van der Waals surface area contributed by atoms with Crippen LogP contribution in [0.15, 0.2) is 77.7 Å². The summed E-state index contributed by atoms with van der Waals surface area (Å²) in [5.41, 5.74) is 0.427. The average molecular weight is 475 g/mol. The van der Waals surface area contributed by atoms with E-state index in [1.807, 2.05) is 18.2 Å². The van der Waals surface area contributed by atoms with E-state index in [0.29, 0.717) is 29.5 Å². The second kappa shape index (κ2) is 10.5. The van der Waals surface area contributed by atoms with Crippen LogP contribution in [0.1, 0.15) is 6.92 Å². The lowest BCUT2D eigenvalue weighted by molar-refractivity contribution is -0.116. The molecule has 168 valence electrons. The summed E-state index contributed by atoms with van der Waals surface area (Å²) in [5, 5.41) is 2.88. The average Bonchev–Trinajstić information content (AvgIpc) is 2.77. The van der Waals surface area contributed by atoms with Gasteiger partial charge >= 0.3 is 0 Å². The number of rotatable bonds is 9. The molecule has 32 heavy (non-hydrogen) atoms. The van der Waals surface area contributed by atoms with Gasteiger partial charge in [-0.2, -0.15) is 4.31 Å². The van der Waals surface area contributed by atoms with Crippen molar-refractivity contribution in [2.75, 3.05) is 25.5 Å². The Hall–Kier alpha value is -3.07. The Morgan fingerprint density at radius 1 is 1.00 bits per heavy atom. The molecule has 0 heterocycles. The molecule has 1 N–H and O–H groups in total. The molecule has 1 amide bonds. The maximum Gasteiger partial charge on any atom is 0.243 e. The van der Waals surface area contributed by atoms with Gasteiger partial charge in [0.2, 0.25) is 15.9 Å². The molecule has 0 spiro atoms. The first kappa shape index (κ1) is 23.6. The van der Waals surface area contributed by atoms with Crippen LogP contribution in [0.2, 0.25) is 5.02 Å². The first-order valence-corrected chi connectivity index (χ1v) is 11.6. The highest BCUT2D eigenvalue weighted by molar-refractivity contribution is 7.89. The van der Waals surface area contributed by atoms with Crippen molar-refractivity contribution in [3.63, 3.8) is 0 Å². The van der Waals surface area contributed by atoms with E-state index in [2.05, 4.69) is 5.32 Å². The Bertz CT molecular complexity index is 1190. The van der Waals surface area contributed by atoms with Crippen LogP contribution in [0, 0.1) is 0 Å². The van der Waals surface area contributed by atoms with Crippen LogP contribution in [0.3, 0.4) is 0 Å². The van der Waals surface area contributed by atoms with E-state index in [0.717, 1.165) is 4.31 Å². The molecule has 0 aliphatic carbocycles. The van der Waals surface area contributed by atoms with Crippen LogP contribution in [-0.4, -0.2) is 38.8 Å². The summed E-state index contributed by atoms with van der Waals surface area (Å²) >= 11 is 6.11. The number of likely N-dealkylation sites (N-methyl/N-ethyl adjacent to an activating group) is 1. The number of benzene rings is 3.